The molecule has 1 aliphatic rings. The molecule has 0 radical (unpaired) electrons. The first-order valence-corrected chi connectivity index (χ1v) is 15.4. The largest absolute Gasteiger partial charge is 0.494 e. The van der Waals surface area contributed by atoms with Crippen molar-refractivity contribution < 1.29 is 28.2 Å². The zero-order valence-electron chi connectivity index (χ0n) is 23.4. The molecule has 7 nitrogen and oxygen atoms in total. The number of benzene rings is 4. The third-order valence-corrected chi connectivity index (χ3v) is 8.33. The molecule has 0 unspecified atom stereocenters. The van der Waals surface area contributed by atoms with Gasteiger partial charge in [0.15, 0.2) is 23.3 Å². The lowest BCUT2D eigenvalue weighted by Gasteiger charge is -2.31. The normalized spacial score (nSPS) is 17.6. The zero-order chi connectivity index (χ0) is 31.1. The molecule has 4 aromatic carbocycles. The summed E-state index contributed by atoms with van der Waals surface area (Å²) < 4.78 is 41.0. The van der Waals surface area contributed by atoms with Crippen LogP contribution in [0.5, 0.6) is 5.75 Å². The number of hydrazine groups is 1. The Morgan fingerprint density at radius 1 is 0.955 bits per heavy atom. The molecule has 0 saturated carbocycles. The van der Waals surface area contributed by atoms with Gasteiger partial charge in [-0.15, -0.1) is 0 Å². The van der Waals surface area contributed by atoms with Crippen LogP contribution >= 0.6 is 31.9 Å². The number of aliphatic imine (C=N–C) groups is 1. The number of aliphatic hydroxyl groups excluding tert-OH is 1. The third kappa shape index (κ3) is 7.35. The Morgan fingerprint density at radius 3 is 2.39 bits per heavy atom. The molecule has 11 heteroatoms. The van der Waals surface area contributed by atoms with E-state index in [-0.39, 0.29) is 25.5 Å². The Bertz CT molecular complexity index is 1640. The molecule has 3 N–H and O–H groups in total. The van der Waals surface area contributed by atoms with Gasteiger partial charge in [0.2, 0.25) is 5.90 Å². The first-order valence-electron chi connectivity index (χ1n) is 13.9. The zero-order valence-corrected chi connectivity index (χ0v) is 26.6. The van der Waals surface area contributed by atoms with Gasteiger partial charge < -0.3 is 14.6 Å². The molecule has 228 valence electrons. The summed E-state index contributed by atoms with van der Waals surface area (Å²) in [5.41, 5.74) is 6.80. The van der Waals surface area contributed by atoms with Crippen LogP contribution in [0, 0.1) is 11.6 Å². The summed E-state index contributed by atoms with van der Waals surface area (Å²) in [5.74, 6) is -1.48. The standard InChI is InChI=1S/C33H29Br2F2N3O4/c34-24-11-6-21(7-12-24)19-33(32(42)40-38-20-22-8-15-28(36)29(37)18-22)30(26-4-1-2-5-27(26)35)44-31(39-33)23-9-13-25(14-10-23)43-17-3-16-41/h1-2,4-15,18,30,38,41H,3,16-17,19-20H2,(H,40,42)/t30-,33-/m0/s1. The van der Waals surface area contributed by atoms with Crippen LogP contribution < -0.4 is 15.6 Å². The number of ether oxygens (including phenoxy) is 2. The number of amides is 1. The second-order valence-electron chi connectivity index (χ2n) is 10.2. The summed E-state index contributed by atoms with van der Waals surface area (Å²) >= 11 is 7.10. The van der Waals surface area contributed by atoms with E-state index in [9.17, 15) is 13.6 Å². The fourth-order valence-corrected chi connectivity index (χ4v) is 5.60. The maximum Gasteiger partial charge on any atom is 0.266 e. The van der Waals surface area contributed by atoms with Crippen LogP contribution in [0.15, 0.2) is 105 Å². The molecule has 5 rings (SSSR count). The smallest absolute Gasteiger partial charge is 0.266 e. The highest BCUT2D eigenvalue weighted by Crippen LogP contribution is 2.44. The highest BCUT2D eigenvalue weighted by molar-refractivity contribution is 9.10. The lowest BCUT2D eigenvalue weighted by atomic mass is 9.82. The van der Waals surface area contributed by atoms with Gasteiger partial charge in [-0.1, -0.05) is 68.3 Å². The summed E-state index contributed by atoms with van der Waals surface area (Å²) in [5, 5.41) is 9.03. The van der Waals surface area contributed by atoms with E-state index in [2.05, 4.69) is 42.7 Å². The SMILES string of the molecule is O=C(NNCc1ccc(F)c(F)c1)[C@@]1(Cc2ccc(Br)cc2)N=C(c2ccc(OCCCO)cc2)O[C@H]1c1ccccc1Br. The number of hydrogen-bond acceptors (Lipinski definition) is 6. The number of hydrogen-bond donors (Lipinski definition) is 3. The first-order chi connectivity index (χ1) is 21.3. The van der Waals surface area contributed by atoms with Crippen molar-refractivity contribution in [1.29, 1.82) is 0 Å². The highest BCUT2D eigenvalue weighted by atomic mass is 79.9. The molecular formula is C33H29Br2F2N3O4. The van der Waals surface area contributed by atoms with Gasteiger partial charge >= 0.3 is 0 Å². The van der Waals surface area contributed by atoms with Gasteiger partial charge in [0.05, 0.1) is 6.61 Å². The van der Waals surface area contributed by atoms with Crippen molar-refractivity contribution in [3.05, 3.63) is 134 Å². The summed E-state index contributed by atoms with van der Waals surface area (Å²) in [7, 11) is 0. The monoisotopic (exact) mass is 727 g/mol. The molecular weight excluding hydrogens is 700 g/mol. The average Bonchev–Trinajstić information content (AvgIpc) is 3.41. The van der Waals surface area contributed by atoms with E-state index in [4.69, 9.17) is 19.6 Å². The highest BCUT2D eigenvalue weighted by Gasteiger charge is 2.54. The summed E-state index contributed by atoms with van der Waals surface area (Å²) in [4.78, 5) is 19.3. The number of carbonyl (C=O) groups is 1. The number of nitrogens with one attached hydrogen (secondary N) is 2. The maximum atomic E-state index is 14.3. The van der Waals surface area contributed by atoms with E-state index >= 15 is 0 Å². The Balaban J connectivity index is 1.51. The van der Waals surface area contributed by atoms with E-state index in [0.29, 0.717) is 29.9 Å². The number of rotatable bonds is 12. The Morgan fingerprint density at radius 2 is 1.68 bits per heavy atom. The van der Waals surface area contributed by atoms with Gasteiger partial charge in [-0.05, 0) is 65.7 Å². The molecule has 0 aromatic heterocycles. The number of halogens is 4. The van der Waals surface area contributed by atoms with Gasteiger partial charge in [-0.2, -0.15) is 0 Å². The Labute approximate surface area is 270 Å². The van der Waals surface area contributed by atoms with Gasteiger partial charge in [0, 0.05) is 46.1 Å². The molecule has 1 heterocycles. The van der Waals surface area contributed by atoms with Crippen LogP contribution in [-0.2, 0) is 22.5 Å². The van der Waals surface area contributed by atoms with E-state index in [1.54, 1.807) is 24.3 Å². The van der Waals surface area contributed by atoms with Crippen molar-refractivity contribution in [1.82, 2.24) is 10.9 Å². The van der Waals surface area contributed by atoms with E-state index < -0.39 is 29.2 Å². The van der Waals surface area contributed by atoms with Gasteiger partial charge in [-0.25, -0.2) is 19.2 Å². The van der Waals surface area contributed by atoms with Crippen LogP contribution in [-0.4, -0.2) is 35.7 Å². The van der Waals surface area contributed by atoms with Crippen molar-refractivity contribution in [2.75, 3.05) is 13.2 Å². The second kappa shape index (κ2) is 14.4. The molecule has 0 saturated heterocycles. The lowest BCUT2D eigenvalue weighted by molar-refractivity contribution is -0.130. The van der Waals surface area contributed by atoms with Gasteiger partial charge in [0.25, 0.3) is 5.91 Å². The van der Waals surface area contributed by atoms with Crippen molar-refractivity contribution in [3.8, 4) is 5.75 Å². The molecule has 1 aliphatic heterocycles. The maximum absolute atomic E-state index is 14.3. The van der Waals surface area contributed by atoms with Crippen LogP contribution in [0.4, 0.5) is 8.78 Å². The molecule has 0 spiro atoms. The van der Waals surface area contributed by atoms with E-state index in [1.807, 2.05) is 48.5 Å². The van der Waals surface area contributed by atoms with Crippen LogP contribution in [0.25, 0.3) is 0 Å². The number of aliphatic hydroxyl groups is 1. The minimum atomic E-state index is -1.47. The van der Waals surface area contributed by atoms with Crippen LogP contribution in [0.1, 0.15) is 34.8 Å². The van der Waals surface area contributed by atoms with E-state index in [1.165, 1.54) is 6.07 Å². The fourth-order valence-electron chi connectivity index (χ4n) is 4.84. The first kappa shape index (κ1) is 31.8. The molecule has 4 aromatic rings. The predicted molar refractivity (Wildman–Crippen MR) is 170 cm³/mol. The molecule has 1 amide bonds. The molecule has 0 aliphatic carbocycles. The minimum Gasteiger partial charge on any atom is -0.494 e. The van der Waals surface area contributed by atoms with Crippen molar-refractivity contribution in [2.24, 2.45) is 4.99 Å². The summed E-state index contributed by atoms with van der Waals surface area (Å²) in [6.07, 6.45) is -0.123. The second-order valence-corrected chi connectivity index (χ2v) is 11.9. The average molecular weight is 729 g/mol. The van der Waals surface area contributed by atoms with Crippen molar-refractivity contribution >= 4 is 43.7 Å². The van der Waals surface area contributed by atoms with E-state index in [0.717, 1.165) is 32.2 Å². The Hall–Kier alpha value is -3.64. The quantitative estimate of drug-likeness (QED) is 0.113. The minimum absolute atomic E-state index is 0.0390. The number of nitrogens with zero attached hydrogens (tertiary/aromatic N) is 1. The topological polar surface area (TPSA) is 92.2 Å². The number of carbonyl (C=O) groups excluding carboxylic acids is 1. The van der Waals surface area contributed by atoms with Gasteiger partial charge in [-0.3, -0.25) is 10.2 Å². The Kier molecular flexibility index (Phi) is 10.4. The summed E-state index contributed by atoms with van der Waals surface area (Å²) in [6, 6.07) is 25.8. The molecule has 0 bridgehead atoms. The predicted octanol–water partition coefficient (Wildman–Crippen LogP) is 6.57. The van der Waals surface area contributed by atoms with Crippen molar-refractivity contribution in [3.63, 3.8) is 0 Å². The van der Waals surface area contributed by atoms with Gasteiger partial charge in [0.1, 0.15) is 5.75 Å². The van der Waals surface area contributed by atoms with Crippen LogP contribution in [0.3, 0.4) is 0 Å². The van der Waals surface area contributed by atoms with Crippen molar-refractivity contribution in [2.45, 2.75) is 31.0 Å². The molecule has 2 atom stereocenters. The van der Waals surface area contributed by atoms with Crippen LogP contribution in [0.2, 0.25) is 0 Å². The lowest BCUT2D eigenvalue weighted by Crippen LogP contribution is -2.53. The summed E-state index contributed by atoms with van der Waals surface area (Å²) in [6.45, 7) is 0.467. The molecule has 0 fully saturated rings. The molecule has 44 heavy (non-hydrogen) atoms. The fraction of sp³-hybridized carbons (Fsp3) is 0.212. The third-order valence-electron chi connectivity index (χ3n) is 7.08.